The quantitative estimate of drug-likeness (QED) is 0.910. The number of likely N-dealkylation sites (tertiary alicyclic amines) is 1. The summed E-state index contributed by atoms with van der Waals surface area (Å²) in [5.41, 5.74) is 1.85. The van der Waals surface area contributed by atoms with Crippen LogP contribution in [0.4, 0.5) is 0 Å². The summed E-state index contributed by atoms with van der Waals surface area (Å²) < 4.78 is 0.960. The molecule has 1 N–H and O–H groups in total. The molecule has 18 heavy (non-hydrogen) atoms. The van der Waals surface area contributed by atoms with Crippen LogP contribution in [0.1, 0.15) is 28.8 Å². The summed E-state index contributed by atoms with van der Waals surface area (Å²) in [5.74, 6) is 0.156. The van der Waals surface area contributed by atoms with Crippen molar-refractivity contribution in [3.63, 3.8) is 0 Å². The molecule has 0 unspecified atom stereocenters. The number of benzene rings is 1. The second kappa shape index (κ2) is 5.85. The van der Waals surface area contributed by atoms with Gasteiger partial charge < -0.3 is 10.2 Å². The van der Waals surface area contributed by atoms with Crippen molar-refractivity contribution in [1.82, 2.24) is 10.2 Å². The lowest BCUT2D eigenvalue weighted by atomic mass is 10.0. The molecule has 98 valence electrons. The first-order chi connectivity index (χ1) is 8.61. The molecule has 1 aromatic rings. The molecule has 1 saturated heterocycles. The minimum atomic E-state index is 0.156. The van der Waals surface area contributed by atoms with E-state index in [4.69, 9.17) is 0 Å². The highest BCUT2D eigenvalue weighted by atomic mass is 79.9. The Kier molecular flexibility index (Phi) is 4.40. The van der Waals surface area contributed by atoms with Crippen molar-refractivity contribution < 1.29 is 4.79 Å². The molecular weight excluding hydrogens is 292 g/mol. The zero-order chi connectivity index (χ0) is 13.1. The molecule has 1 heterocycles. The first-order valence-electron chi connectivity index (χ1n) is 6.34. The molecule has 0 aliphatic carbocycles. The van der Waals surface area contributed by atoms with Gasteiger partial charge in [-0.3, -0.25) is 4.79 Å². The highest BCUT2D eigenvalue weighted by Crippen LogP contribution is 2.20. The molecule has 0 bridgehead atoms. The van der Waals surface area contributed by atoms with Crippen LogP contribution in [0.3, 0.4) is 0 Å². The van der Waals surface area contributed by atoms with Gasteiger partial charge in [0, 0.05) is 29.2 Å². The van der Waals surface area contributed by atoms with Gasteiger partial charge in [0.25, 0.3) is 5.91 Å². The van der Waals surface area contributed by atoms with E-state index in [9.17, 15) is 4.79 Å². The number of aryl methyl sites for hydroxylation is 1. The Bertz CT molecular complexity index is 439. The van der Waals surface area contributed by atoms with Crippen LogP contribution in [0, 0.1) is 6.92 Å². The Hall–Kier alpha value is -0.870. The van der Waals surface area contributed by atoms with Crippen molar-refractivity contribution in [2.75, 3.05) is 20.1 Å². The van der Waals surface area contributed by atoms with E-state index >= 15 is 0 Å². The van der Waals surface area contributed by atoms with E-state index < -0.39 is 0 Å². The predicted octanol–water partition coefficient (Wildman–Crippen LogP) is 2.58. The van der Waals surface area contributed by atoms with Gasteiger partial charge in [0.15, 0.2) is 0 Å². The van der Waals surface area contributed by atoms with Crippen LogP contribution in [-0.2, 0) is 0 Å². The van der Waals surface area contributed by atoms with Gasteiger partial charge in [-0.2, -0.15) is 0 Å². The van der Waals surface area contributed by atoms with E-state index in [1.165, 1.54) is 0 Å². The van der Waals surface area contributed by atoms with Gasteiger partial charge in [0.2, 0.25) is 0 Å². The standard InChI is InChI=1S/C14H19BrN2O/c1-10-3-4-11(15)9-13(10)14(18)17-7-5-12(16-2)6-8-17/h3-4,9,12,16H,5-8H2,1-2H3. The van der Waals surface area contributed by atoms with Crippen LogP contribution < -0.4 is 5.32 Å². The van der Waals surface area contributed by atoms with Crippen LogP contribution in [0.5, 0.6) is 0 Å². The van der Waals surface area contributed by atoms with Crippen LogP contribution >= 0.6 is 15.9 Å². The highest BCUT2D eigenvalue weighted by Gasteiger charge is 2.23. The lowest BCUT2D eigenvalue weighted by Gasteiger charge is -2.32. The van der Waals surface area contributed by atoms with Gasteiger partial charge in [-0.15, -0.1) is 0 Å². The number of carbonyl (C=O) groups excluding carboxylic acids is 1. The van der Waals surface area contributed by atoms with Crippen molar-refractivity contribution in [3.8, 4) is 0 Å². The number of piperidine rings is 1. The van der Waals surface area contributed by atoms with Gasteiger partial charge in [0.05, 0.1) is 0 Å². The lowest BCUT2D eigenvalue weighted by Crippen LogP contribution is -2.44. The molecule has 0 saturated carbocycles. The zero-order valence-electron chi connectivity index (χ0n) is 10.9. The van der Waals surface area contributed by atoms with E-state index in [1.54, 1.807) is 0 Å². The maximum Gasteiger partial charge on any atom is 0.254 e. The molecule has 1 aliphatic rings. The Labute approximate surface area is 117 Å². The molecule has 2 rings (SSSR count). The lowest BCUT2D eigenvalue weighted by molar-refractivity contribution is 0.0706. The molecule has 1 fully saturated rings. The predicted molar refractivity (Wildman–Crippen MR) is 76.9 cm³/mol. The molecule has 1 amide bonds. The van der Waals surface area contributed by atoms with Crippen LogP contribution in [0.15, 0.2) is 22.7 Å². The van der Waals surface area contributed by atoms with Crippen LogP contribution in [0.2, 0.25) is 0 Å². The average Bonchev–Trinajstić information content (AvgIpc) is 2.41. The van der Waals surface area contributed by atoms with Gasteiger partial charge in [-0.05, 0) is 44.5 Å². The van der Waals surface area contributed by atoms with E-state index in [1.807, 2.05) is 37.1 Å². The molecule has 1 aromatic carbocycles. The third kappa shape index (κ3) is 2.93. The summed E-state index contributed by atoms with van der Waals surface area (Å²) in [6.07, 6.45) is 2.07. The molecule has 0 spiro atoms. The fourth-order valence-electron chi connectivity index (χ4n) is 2.37. The molecule has 0 atom stereocenters. The number of halogens is 1. The third-order valence-corrected chi connectivity index (χ3v) is 4.11. The number of nitrogens with zero attached hydrogens (tertiary/aromatic N) is 1. The molecule has 1 aliphatic heterocycles. The minimum absolute atomic E-state index is 0.156. The third-order valence-electron chi connectivity index (χ3n) is 3.62. The summed E-state index contributed by atoms with van der Waals surface area (Å²) in [6, 6.07) is 6.43. The fourth-order valence-corrected chi connectivity index (χ4v) is 2.73. The fraction of sp³-hybridized carbons (Fsp3) is 0.500. The first-order valence-corrected chi connectivity index (χ1v) is 7.14. The Morgan fingerprint density at radius 2 is 2.06 bits per heavy atom. The number of hydrogen-bond acceptors (Lipinski definition) is 2. The van der Waals surface area contributed by atoms with Gasteiger partial charge in [-0.25, -0.2) is 0 Å². The summed E-state index contributed by atoms with van der Waals surface area (Å²) in [7, 11) is 1.99. The number of hydrogen-bond donors (Lipinski definition) is 1. The summed E-state index contributed by atoms with van der Waals surface area (Å²) >= 11 is 3.43. The van der Waals surface area contributed by atoms with Gasteiger partial charge >= 0.3 is 0 Å². The number of amides is 1. The maximum absolute atomic E-state index is 12.5. The molecule has 0 aromatic heterocycles. The Morgan fingerprint density at radius 1 is 1.39 bits per heavy atom. The van der Waals surface area contributed by atoms with Gasteiger partial charge in [0.1, 0.15) is 0 Å². The summed E-state index contributed by atoms with van der Waals surface area (Å²) in [5, 5.41) is 3.28. The van der Waals surface area contributed by atoms with Crippen molar-refractivity contribution in [2.45, 2.75) is 25.8 Å². The van der Waals surface area contributed by atoms with Crippen molar-refractivity contribution in [1.29, 1.82) is 0 Å². The maximum atomic E-state index is 12.5. The molecular formula is C14H19BrN2O. The Morgan fingerprint density at radius 3 is 2.67 bits per heavy atom. The van der Waals surface area contributed by atoms with E-state index in [2.05, 4.69) is 21.2 Å². The van der Waals surface area contributed by atoms with Crippen molar-refractivity contribution >= 4 is 21.8 Å². The first kappa shape index (κ1) is 13.6. The molecule has 3 nitrogen and oxygen atoms in total. The van der Waals surface area contributed by atoms with E-state index in [0.29, 0.717) is 6.04 Å². The normalized spacial score (nSPS) is 16.9. The zero-order valence-corrected chi connectivity index (χ0v) is 12.5. The molecule has 0 radical (unpaired) electrons. The minimum Gasteiger partial charge on any atom is -0.339 e. The van der Waals surface area contributed by atoms with Gasteiger partial charge in [-0.1, -0.05) is 22.0 Å². The van der Waals surface area contributed by atoms with Crippen molar-refractivity contribution in [2.24, 2.45) is 0 Å². The second-order valence-corrected chi connectivity index (χ2v) is 5.73. The van der Waals surface area contributed by atoms with Crippen LogP contribution in [0.25, 0.3) is 0 Å². The smallest absolute Gasteiger partial charge is 0.254 e. The largest absolute Gasteiger partial charge is 0.339 e. The average molecular weight is 311 g/mol. The summed E-state index contributed by atoms with van der Waals surface area (Å²) in [6.45, 7) is 3.67. The second-order valence-electron chi connectivity index (χ2n) is 4.81. The van der Waals surface area contributed by atoms with E-state index in [-0.39, 0.29) is 5.91 Å². The van der Waals surface area contributed by atoms with Crippen LogP contribution in [-0.4, -0.2) is 37.0 Å². The monoisotopic (exact) mass is 310 g/mol. The SMILES string of the molecule is CNC1CCN(C(=O)c2cc(Br)ccc2C)CC1. The van der Waals surface area contributed by atoms with E-state index in [0.717, 1.165) is 41.5 Å². The van der Waals surface area contributed by atoms with Crippen molar-refractivity contribution in [3.05, 3.63) is 33.8 Å². The molecule has 4 heteroatoms. The summed E-state index contributed by atoms with van der Waals surface area (Å²) in [4.78, 5) is 14.4. The topological polar surface area (TPSA) is 32.3 Å². The number of carbonyl (C=O) groups is 1. The Balaban J connectivity index is 2.10. The number of rotatable bonds is 2. The number of nitrogens with one attached hydrogen (secondary N) is 1. The highest BCUT2D eigenvalue weighted by molar-refractivity contribution is 9.10.